The lowest BCUT2D eigenvalue weighted by Crippen LogP contribution is -2.53. The van der Waals surface area contributed by atoms with Gasteiger partial charge in [-0.15, -0.1) is 28.0 Å². The predicted octanol–water partition coefficient (Wildman–Crippen LogP) is 1.32. The van der Waals surface area contributed by atoms with Crippen LogP contribution in [0.2, 0.25) is 0 Å². The fourth-order valence-corrected chi connectivity index (χ4v) is 6.78. The summed E-state index contributed by atoms with van der Waals surface area (Å²) in [5, 5.41) is 1.76. The van der Waals surface area contributed by atoms with Gasteiger partial charge in [0.1, 0.15) is 6.17 Å². The van der Waals surface area contributed by atoms with Crippen molar-refractivity contribution in [1.82, 2.24) is 20.5 Å². The maximum Gasteiger partial charge on any atom is 0.241 e. The molecule has 28 heavy (non-hydrogen) atoms. The molecule has 1 aliphatic heterocycles. The van der Waals surface area contributed by atoms with Crippen molar-refractivity contribution in [2.24, 2.45) is 11.8 Å². The van der Waals surface area contributed by atoms with Crippen molar-refractivity contribution in [3.05, 3.63) is 0 Å². The Morgan fingerprint density at radius 2 is 1.96 bits per heavy atom. The molecular formula is C17H29Cl2FN4O3S. The number of nitrogens with zero attached hydrogens (tertiary/aromatic N) is 1. The van der Waals surface area contributed by atoms with E-state index >= 15 is 0 Å². The zero-order valence-corrected chi connectivity index (χ0v) is 18.2. The van der Waals surface area contributed by atoms with Crippen LogP contribution in [0, 0.1) is 11.8 Å². The molecule has 1 saturated heterocycles. The number of carbonyl (C=O) groups is 1. The van der Waals surface area contributed by atoms with Crippen LogP contribution in [-0.4, -0.2) is 67.7 Å². The molecular weight excluding hydrogens is 430 g/mol. The van der Waals surface area contributed by atoms with Gasteiger partial charge in [-0.3, -0.25) is 20.4 Å². The van der Waals surface area contributed by atoms with Gasteiger partial charge in [0.05, 0.1) is 16.5 Å². The maximum atomic E-state index is 14.6. The van der Waals surface area contributed by atoms with Gasteiger partial charge in [0, 0.05) is 24.6 Å². The van der Waals surface area contributed by atoms with E-state index in [1.807, 2.05) is 7.05 Å². The summed E-state index contributed by atoms with van der Waals surface area (Å²) in [5.74, 6) is -1.60. The van der Waals surface area contributed by atoms with Gasteiger partial charge in [0.2, 0.25) is 15.9 Å². The van der Waals surface area contributed by atoms with Crippen molar-refractivity contribution in [3.63, 3.8) is 0 Å². The fourth-order valence-electron chi connectivity index (χ4n) is 4.52. The number of nitrogens with one attached hydrogen (secondary N) is 3. The molecule has 1 heterocycles. The second-order valence-electron chi connectivity index (χ2n) is 8.33. The molecule has 7 nitrogen and oxygen atoms in total. The Kier molecular flexibility index (Phi) is 7.48. The third kappa shape index (κ3) is 5.29. The van der Waals surface area contributed by atoms with Gasteiger partial charge in [-0.1, -0.05) is 6.42 Å². The first kappa shape index (κ1) is 22.5. The monoisotopic (exact) mass is 458 g/mol. The number of amides is 1. The van der Waals surface area contributed by atoms with Crippen LogP contribution in [0.15, 0.2) is 0 Å². The van der Waals surface area contributed by atoms with Gasteiger partial charge in [-0.05, 0) is 45.1 Å². The van der Waals surface area contributed by atoms with Crippen molar-refractivity contribution >= 4 is 39.1 Å². The maximum absolute atomic E-state index is 14.6. The van der Waals surface area contributed by atoms with Crippen molar-refractivity contribution < 1.29 is 17.6 Å². The smallest absolute Gasteiger partial charge is 0.241 e. The molecule has 11 heteroatoms. The Bertz CT molecular complexity index is 671. The van der Waals surface area contributed by atoms with E-state index in [-0.39, 0.29) is 17.3 Å². The number of alkyl halides is 3. The minimum Gasteiger partial charge on any atom is -0.300 e. The van der Waals surface area contributed by atoms with Crippen molar-refractivity contribution in [1.29, 1.82) is 0 Å². The highest BCUT2D eigenvalue weighted by Gasteiger charge is 2.44. The Balaban J connectivity index is 1.58. The summed E-state index contributed by atoms with van der Waals surface area (Å²) >= 11 is 12.3. The molecule has 7 atom stereocenters. The highest BCUT2D eigenvalue weighted by molar-refractivity contribution is 7.90. The quantitative estimate of drug-likeness (QED) is 0.426. The lowest BCUT2D eigenvalue weighted by Gasteiger charge is -2.37. The summed E-state index contributed by atoms with van der Waals surface area (Å²) in [6, 6.07) is 0.147. The minimum atomic E-state index is -3.76. The molecule has 3 aliphatic rings. The van der Waals surface area contributed by atoms with Gasteiger partial charge < -0.3 is 0 Å². The highest BCUT2D eigenvalue weighted by atomic mass is 35.5. The van der Waals surface area contributed by atoms with Crippen LogP contribution in [0.4, 0.5) is 4.39 Å². The van der Waals surface area contributed by atoms with Gasteiger partial charge in [-0.25, -0.2) is 12.8 Å². The topological polar surface area (TPSA) is 90.5 Å². The number of sulfonamides is 1. The van der Waals surface area contributed by atoms with Crippen LogP contribution < -0.4 is 15.6 Å². The van der Waals surface area contributed by atoms with Gasteiger partial charge in [0.15, 0.2) is 0 Å². The molecule has 0 aromatic carbocycles. The number of halogens is 3. The van der Waals surface area contributed by atoms with E-state index < -0.39 is 38.6 Å². The molecule has 0 bridgehead atoms. The molecule has 0 aromatic rings. The molecule has 0 radical (unpaired) electrons. The molecule has 0 spiro atoms. The zero-order chi connectivity index (χ0) is 20.5. The molecule has 1 amide bonds. The first-order valence-corrected chi connectivity index (χ1v) is 12.2. The summed E-state index contributed by atoms with van der Waals surface area (Å²) in [5.41, 5.74) is 2.23. The summed E-state index contributed by atoms with van der Waals surface area (Å²) in [6.45, 7) is 1.56. The Morgan fingerprint density at radius 3 is 2.61 bits per heavy atom. The first-order valence-electron chi connectivity index (χ1n) is 9.82. The molecule has 2 saturated carbocycles. The standard InChI is InChI=1S/C17H29Cl2FN4O3S/c1-24-8-15(21-9-24)10-5-13(16(20)14(19)6-10)17(25)22-23-28(26,27)12-4-2-3-11(18)7-12/h10-16,21,23H,2-9H2,1H3,(H,22,25). The second-order valence-corrected chi connectivity index (χ2v) is 11.5. The Hall–Kier alpha value is -0.190. The van der Waals surface area contributed by atoms with Crippen LogP contribution in [0.3, 0.4) is 0 Å². The van der Waals surface area contributed by atoms with Gasteiger partial charge in [0.25, 0.3) is 0 Å². The van der Waals surface area contributed by atoms with E-state index in [0.29, 0.717) is 25.7 Å². The minimum absolute atomic E-state index is 0.0576. The number of hydrogen-bond donors (Lipinski definition) is 3. The number of hydrazine groups is 1. The van der Waals surface area contributed by atoms with Crippen molar-refractivity contribution in [2.75, 3.05) is 20.3 Å². The molecule has 162 valence electrons. The van der Waals surface area contributed by atoms with E-state index in [0.717, 1.165) is 26.1 Å². The molecule has 3 N–H and O–H groups in total. The predicted molar refractivity (Wildman–Crippen MR) is 107 cm³/mol. The summed E-state index contributed by atoms with van der Waals surface area (Å²) < 4.78 is 39.5. The average Bonchev–Trinajstić information content (AvgIpc) is 3.08. The van der Waals surface area contributed by atoms with E-state index in [2.05, 4.69) is 20.5 Å². The first-order chi connectivity index (χ1) is 13.2. The molecule has 2 aliphatic carbocycles. The normalized spacial score (nSPS) is 40.4. The summed E-state index contributed by atoms with van der Waals surface area (Å²) in [7, 11) is -1.77. The van der Waals surface area contributed by atoms with Crippen molar-refractivity contribution in [2.45, 2.75) is 66.7 Å². The largest absolute Gasteiger partial charge is 0.300 e. The lowest BCUT2D eigenvalue weighted by molar-refractivity contribution is -0.129. The van der Waals surface area contributed by atoms with E-state index in [4.69, 9.17) is 23.2 Å². The van der Waals surface area contributed by atoms with Gasteiger partial charge >= 0.3 is 0 Å². The molecule has 3 fully saturated rings. The lowest BCUT2D eigenvalue weighted by atomic mass is 9.76. The second kappa shape index (κ2) is 9.31. The Labute approximate surface area is 176 Å². The molecule has 0 aromatic heterocycles. The van der Waals surface area contributed by atoms with Crippen LogP contribution in [0.1, 0.15) is 38.5 Å². The fraction of sp³-hybridized carbons (Fsp3) is 0.941. The van der Waals surface area contributed by atoms with E-state index in [9.17, 15) is 17.6 Å². The number of rotatable bonds is 5. The SMILES string of the molecule is CN1CNC(C2CC(Cl)C(F)C(C(=O)NNS(=O)(=O)C3CCCC(Cl)C3)C2)C1. The van der Waals surface area contributed by atoms with Crippen LogP contribution in [0.25, 0.3) is 0 Å². The van der Waals surface area contributed by atoms with Gasteiger partial charge in [-0.2, -0.15) is 0 Å². The number of likely N-dealkylation sites (N-methyl/N-ethyl adjacent to an activating group) is 1. The van der Waals surface area contributed by atoms with E-state index in [1.165, 1.54) is 0 Å². The Morgan fingerprint density at radius 1 is 1.21 bits per heavy atom. The number of carbonyl (C=O) groups excluding carboxylic acids is 1. The molecule has 3 rings (SSSR count). The third-order valence-corrected chi connectivity index (χ3v) is 8.68. The van der Waals surface area contributed by atoms with Crippen molar-refractivity contribution in [3.8, 4) is 0 Å². The van der Waals surface area contributed by atoms with Crippen LogP contribution in [-0.2, 0) is 14.8 Å². The highest BCUT2D eigenvalue weighted by Crippen LogP contribution is 2.37. The van der Waals surface area contributed by atoms with E-state index in [1.54, 1.807) is 0 Å². The average molecular weight is 459 g/mol. The van der Waals surface area contributed by atoms with Crippen LogP contribution >= 0.6 is 23.2 Å². The third-order valence-electron chi connectivity index (χ3n) is 6.17. The number of hydrogen-bond acceptors (Lipinski definition) is 5. The molecule has 7 unspecified atom stereocenters. The van der Waals surface area contributed by atoms with Crippen LogP contribution in [0.5, 0.6) is 0 Å². The summed E-state index contributed by atoms with van der Waals surface area (Å²) in [4.78, 5) is 16.9. The zero-order valence-electron chi connectivity index (χ0n) is 15.9. The summed E-state index contributed by atoms with van der Waals surface area (Å²) in [6.07, 6.45) is 1.66.